The summed E-state index contributed by atoms with van der Waals surface area (Å²) in [5.41, 5.74) is 9.07. The molecule has 0 saturated heterocycles. The number of nitrogens with zero attached hydrogens (tertiary/aromatic N) is 4. The van der Waals surface area contributed by atoms with Gasteiger partial charge in [0.15, 0.2) is 0 Å². The van der Waals surface area contributed by atoms with Crippen molar-refractivity contribution in [2.24, 2.45) is 0 Å². The standard InChI is InChI=1S/C38H22N4/c39-23-25-10-7-11-26(24-40)37(25)32-17-9-21-36-38(32)31-16-3-6-20-35(31)42(36)28-13-8-12-27(22-28)41-33-18-4-1-14-29(33)30-15-2-5-19-34(30)41/h1-22H. The predicted octanol–water partition coefficient (Wildman–Crippen LogP) is 9.29. The van der Waals surface area contributed by atoms with E-state index in [0.717, 1.165) is 49.8 Å². The molecule has 2 heterocycles. The van der Waals surface area contributed by atoms with E-state index in [1.54, 1.807) is 18.2 Å². The molecule has 42 heavy (non-hydrogen) atoms. The van der Waals surface area contributed by atoms with Crippen LogP contribution in [0.15, 0.2) is 133 Å². The van der Waals surface area contributed by atoms with Crippen molar-refractivity contribution in [3.63, 3.8) is 0 Å². The van der Waals surface area contributed by atoms with Crippen LogP contribution in [-0.4, -0.2) is 9.13 Å². The van der Waals surface area contributed by atoms with E-state index >= 15 is 0 Å². The molecule has 2 aromatic heterocycles. The SMILES string of the molecule is N#Cc1cccc(C#N)c1-c1cccc2c1c1ccccc1n2-c1cccc(-n2c3ccccc3c3ccccc32)c1. The maximum atomic E-state index is 9.97. The topological polar surface area (TPSA) is 57.4 Å². The van der Waals surface area contributed by atoms with Crippen molar-refractivity contribution in [2.45, 2.75) is 0 Å². The molecule has 0 aliphatic carbocycles. The van der Waals surface area contributed by atoms with E-state index in [1.807, 2.05) is 18.2 Å². The van der Waals surface area contributed by atoms with Gasteiger partial charge in [0.2, 0.25) is 0 Å². The average Bonchev–Trinajstić information content (AvgIpc) is 3.57. The molecule has 4 nitrogen and oxygen atoms in total. The maximum Gasteiger partial charge on any atom is 0.0998 e. The first-order chi connectivity index (χ1) is 20.8. The largest absolute Gasteiger partial charge is 0.309 e. The van der Waals surface area contributed by atoms with Gasteiger partial charge < -0.3 is 9.13 Å². The second kappa shape index (κ2) is 9.24. The van der Waals surface area contributed by atoms with E-state index in [4.69, 9.17) is 0 Å². The zero-order valence-electron chi connectivity index (χ0n) is 22.5. The van der Waals surface area contributed by atoms with Gasteiger partial charge >= 0.3 is 0 Å². The third-order valence-corrected chi connectivity index (χ3v) is 8.20. The van der Waals surface area contributed by atoms with Gasteiger partial charge in [0, 0.05) is 38.5 Å². The van der Waals surface area contributed by atoms with Crippen LogP contribution in [0.5, 0.6) is 0 Å². The molecule has 0 aliphatic rings. The Bertz CT molecular complexity index is 2360. The molecule has 0 radical (unpaired) electrons. The minimum Gasteiger partial charge on any atom is -0.309 e. The van der Waals surface area contributed by atoms with Crippen molar-refractivity contribution >= 4 is 43.6 Å². The number of aromatic nitrogens is 2. The van der Waals surface area contributed by atoms with Crippen LogP contribution in [0.2, 0.25) is 0 Å². The third-order valence-electron chi connectivity index (χ3n) is 8.20. The van der Waals surface area contributed by atoms with Crippen LogP contribution in [0, 0.1) is 22.7 Å². The summed E-state index contributed by atoms with van der Waals surface area (Å²) >= 11 is 0. The lowest BCUT2D eigenvalue weighted by Crippen LogP contribution is -1.98. The smallest absolute Gasteiger partial charge is 0.0998 e. The molecule has 0 unspecified atom stereocenters. The highest BCUT2D eigenvalue weighted by Crippen LogP contribution is 2.41. The molecule has 194 valence electrons. The first-order valence-electron chi connectivity index (χ1n) is 13.8. The Balaban J connectivity index is 1.44. The summed E-state index contributed by atoms with van der Waals surface area (Å²) in [6.07, 6.45) is 0. The van der Waals surface area contributed by atoms with Crippen LogP contribution in [-0.2, 0) is 0 Å². The first-order valence-corrected chi connectivity index (χ1v) is 13.8. The van der Waals surface area contributed by atoms with Gasteiger partial charge in [0.25, 0.3) is 0 Å². The number of benzene rings is 6. The van der Waals surface area contributed by atoms with Gasteiger partial charge in [-0.15, -0.1) is 0 Å². The van der Waals surface area contributed by atoms with Gasteiger partial charge in [-0.1, -0.05) is 78.9 Å². The van der Waals surface area contributed by atoms with E-state index in [9.17, 15) is 10.5 Å². The lowest BCUT2D eigenvalue weighted by Gasteiger charge is -2.13. The van der Waals surface area contributed by atoms with Gasteiger partial charge in [-0.3, -0.25) is 0 Å². The summed E-state index contributed by atoms with van der Waals surface area (Å²) in [5, 5.41) is 24.5. The molecule has 0 N–H and O–H groups in total. The van der Waals surface area contributed by atoms with Crippen LogP contribution in [0.25, 0.3) is 66.1 Å². The van der Waals surface area contributed by atoms with Gasteiger partial charge in [-0.05, 0) is 60.2 Å². The minimum absolute atomic E-state index is 0.492. The number of nitriles is 2. The number of para-hydroxylation sites is 3. The maximum absolute atomic E-state index is 9.97. The van der Waals surface area contributed by atoms with Crippen molar-refractivity contribution < 1.29 is 0 Å². The number of fused-ring (bicyclic) bond motifs is 6. The molecule has 0 spiro atoms. The van der Waals surface area contributed by atoms with Gasteiger partial charge in [-0.25, -0.2) is 0 Å². The fourth-order valence-corrected chi connectivity index (χ4v) is 6.51. The van der Waals surface area contributed by atoms with E-state index in [1.165, 1.54) is 10.8 Å². The third kappa shape index (κ3) is 3.33. The summed E-state index contributed by atoms with van der Waals surface area (Å²) in [5.74, 6) is 0. The minimum atomic E-state index is 0.492. The molecule has 0 atom stereocenters. The fraction of sp³-hybridized carbons (Fsp3) is 0. The van der Waals surface area contributed by atoms with E-state index in [-0.39, 0.29) is 0 Å². The quantitative estimate of drug-likeness (QED) is 0.227. The predicted molar refractivity (Wildman–Crippen MR) is 170 cm³/mol. The molecule has 6 aromatic carbocycles. The van der Waals surface area contributed by atoms with E-state index in [0.29, 0.717) is 16.7 Å². The first kappa shape index (κ1) is 23.8. The molecule has 0 bridgehead atoms. The van der Waals surface area contributed by atoms with Gasteiger partial charge in [0.05, 0.1) is 45.3 Å². The van der Waals surface area contributed by atoms with E-state index in [2.05, 4.69) is 118 Å². The Morgan fingerprint density at radius 2 is 0.881 bits per heavy atom. The Morgan fingerprint density at radius 3 is 1.48 bits per heavy atom. The number of rotatable bonds is 3. The highest BCUT2D eigenvalue weighted by Gasteiger charge is 2.20. The molecule has 0 aliphatic heterocycles. The van der Waals surface area contributed by atoms with Crippen LogP contribution in [0.3, 0.4) is 0 Å². The fourth-order valence-electron chi connectivity index (χ4n) is 6.51. The van der Waals surface area contributed by atoms with Crippen molar-refractivity contribution in [3.8, 4) is 34.6 Å². The summed E-state index contributed by atoms with van der Waals surface area (Å²) in [4.78, 5) is 0. The molecular formula is C38H22N4. The van der Waals surface area contributed by atoms with Crippen molar-refractivity contribution in [2.75, 3.05) is 0 Å². The Hall–Kier alpha value is -6.10. The van der Waals surface area contributed by atoms with Crippen molar-refractivity contribution in [1.29, 1.82) is 10.5 Å². The van der Waals surface area contributed by atoms with Gasteiger partial charge in [0.1, 0.15) is 0 Å². The Kier molecular flexibility index (Phi) is 5.22. The van der Waals surface area contributed by atoms with Crippen LogP contribution < -0.4 is 0 Å². The second-order valence-corrected chi connectivity index (χ2v) is 10.4. The molecule has 0 saturated carbocycles. The molecular weight excluding hydrogens is 512 g/mol. The lowest BCUT2D eigenvalue weighted by molar-refractivity contribution is 1.13. The van der Waals surface area contributed by atoms with Crippen LogP contribution in [0.4, 0.5) is 0 Å². The van der Waals surface area contributed by atoms with Gasteiger partial charge in [-0.2, -0.15) is 10.5 Å². The molecule has 0 amide bonds. The highest BCUT2D eigenvalue weighted by molar-refractivity contribution is 6.16. The zero-order chi connectivity index (χ0) is 28.2. The van der Waals surface area contributed by atoms with Crippen molar-refractivity contribution in [3.05, 3.63) is 145 Å². The second-order valence-electron chi connectivity index (χ2n) is 10.4. The molecule has 8 aromatic rings. The summed E-state index contributed by atoms with van der Waals surface area (Å²) in [6.45, 7) is 0. The Morgan fingerprint density at radius 1 is 0.429 bits per heavy atom. The summed E-state index contributed by atoms with van der Waals surface area (Å²) in [6, 6.07) is 50.2. The molecule has 4 heteroatoms. The van der Waals surface area contributed by atoms with Crippen LogP contribution in [0.1, 0.15) is 11.1 Å². The summed E-state index contributed by atoms with van der Waals surface area (Å²) < 4.78 is 4.61. The van der Waals surface area contributed by atoms with Crippen LogP contribution >= 0.6 is 0 Å². The average molecular weight is 535 g/mol. The normalized spacial score (nSPS) is 11.3. The molecule has 0 fully saturated rings. The van der Waals surface area contributed by atoms with E-state index < -0.39 is 0 Å². The van der Waals surface area contributed by atoms with Crippen molar-refractivity contribution in [1.82, 2.24) is 9.13 Å². The number of hydrogen-bond acceptors (Lipinski definition) is 2. The number of hydrogen-bond donors (Lipinski definition) is 0. The Labute approximate surface area is 242 Å². The zero-order valence-corrected chi connectivity index (χ0v) is 22.5. The molecule has 8 rings (SSSR count). The lowest BCUT2D eigenvalue weighted by atomic mass is 9.92. The monoisotopic (exact) mass is 534 g/mol. The summed E-state index contributed by atoms with van der Waals surface area (Å²) in [7, 11) is 0. The highest BCUT2D eigenvalue weighted by atomic mass is 15.0.